The fourth-order valence-electron chi connectivity index (χ4n) is 2.62. The van der Waals surface area contributed by atoms with Crippen molar-refractivity contribution in [3.05, 3.63) is 52.0 Å². The molecule has 0 aliphatic carbocycles. The number of hydrogen-bond acceptors (Lipinski definition) is 3. The molecule has 1 atom stereocenters. The Kier molecular flexibility index (Phi) is 7.18. The van der Waals surface area contributed by atoms with E-state index in [4.69, 9.17) is 27.9 Å². The molecule has 26 heavy (non-hydrogen) atoms. The number of nitrogens with zero attached hydrogens (tertiary/aromatic N) is 1. The number of aryl methyl sites for hydroxylation is 1. The normalized spacial score (nSPS) is 11.8. The third kappa shape index (κ3) is 5.05. The Morgan fingerprint density at radius 2 is 1.85 bits per heavy atom. The minimum atomic E-state index is -0.699. The summed E-state index contributed by atoms with van der Waals surface area (Å²) in [4.78, 5) is 14.7. The average molecular weight is 395 g/mol. The zero-order chi connectivity index (χ0) is 19.3. The second kappa shape index (κ2) is 9.15. The summed E-state index contributed by atoms with van der Waals surface area (Å²) >= 11 is 12.0. The summed E-state index contributed by atoms with van der Waals surface area (Å²) in [5, 5.41) is 3.80. The highest BCUT2D eigenvalue weighted by atomic mass is 35.5. The topological polar surface area (TPSA) is 41.6 Å². The van der Waals surface area contributed by atoms with Crippen molar-refractivity contribution < 1.29 is 9.53 Å². The molecule has 0 radical (unpaired) electrons. The van der Waals surface area contributed by atoms with Crippen molar-refractivity contribution in [1.29, 1.82) is 0 Å². The molecule has 2 aromatic carbocycles. The van der Waals surface area contributed by atoms with Crippen LogP contribution in [0.15, 0.2) is 36.4 Å². The smallest absolute Gasteiger partial charge is 0.265 e. The predicted octanol–water partition coefficient (Wildman–Crippen LogP) is 5.55. The molecule has 0 aliphatic heterocycles. The molecule has 140 valence electrons. The van der Waals surface area contributed by atoms with Crippen molar-refractivity contribution in [2.24, 2.45) is 0 Å². The Morgan fingerprint density at radius 3 is 2.42 bits per heavy atom. The Hall–Kier alpha value is -1.91. The lowest BCUT2D eigenvalue weighted by molar-refractivity contribution is -0.122. The van der Waals surface area contributed by atoms with Gasteiger partial charge < -0.3 is 15.0 Å². The van der Waals surface area contributed by atoms with Gasteiger partial charge in [0.25, 0.3) is 5.91 Å². The first-order chi connectivity index (χ1) is 12.3. The van der Waals surface area contributed by atoms with Crippen LogP contribution in [0, 0.1) is 6.92 Å². The second-order valence-electron chi connectivity index (χ2n) is 6.00. The number of carbonyl (C=O) groups excluding carboxylic acids is 1. The van der Waals surface area contributed by atoms with Crippen LogP contribution in [0.25, 0.3) is 0 Å². The maximum atomic E-state index is 12.5. The zero-order valence-corrected chi connectivity index (χ0v) is 17.0. The molecule has 0 fully saturated rings. The van der Waals surface area contributed by atoms with Crippen molar-refractivity contribution >= 4 is 40.5 Å². The Bertz CT molecular complexity index is 776. The Morgan fingerprint density at radius 1 is 1.15 bits per heavy atom. The minimum absolute atomic E-state index is 0.241. The predicted molar refractivity (Wildman–Crippen MR) is 110 cm³/mol. The van der Waals surface area contributed by atoms with E-state index in [0.717, 1.165) is 30.0 Å². The molecule has 0 spiro atoms. The number of anilines is 2. The largest absolute Gasteiger partial charge is 0.479 e. The molecule has 0 aromatic heterocycles. The van der Waals surface area contributed by atoms with E-state index in [1.54, 1.807) is 25.1 Å². The quantitative estimate of drug-likeness (QED) is 0.668. The summed E-state index contributed by atoms with van der Waals surface area (Å²) in [5.41, 5.74) is 2.91. The number of carbonyl (C=O) groups is 1. The van der Waals surface area contributed by atoms with E-state index in [1.165, 1.54) is 0 Å². The van der Waals surface area contributed by atoms with Gasteiger partial charge >= 0.3 is 0 Å². The molecule has 0 unspecified atom stereocenters. The van der Waals surface area contributed by atoms with Gasteiger partial charge in [-0.05, 0) is 69.7 Å². The van der Waals surface area contributed by atoms with E-state index in [0.29, 0.717) is 15.8 Å². The molecule has 0 bridgehead atoms. The minimum Gasteiger partial charge on any atom is -0.479 e. The first kappa shape index (κ1) is 20.4. The molecule has 1 N–H and O–H groups in total. The molecule has 0 heterocycles. The zero-order valence-electron chi connectivity index (χ0n) is 15.5. The lowest BCUT2D eigenvalue weighted by Crippen LogP contribution is -2.30. The van der Waals surface area contributed by atoms with Gasteiger partial charge in [-0.3, -0.25) is 4.79 Å². The maximum absolute atomic E-state index is 12.5. The molecular formula is C20H24Cl2N2O2. The lowest BCUT2D eigenvalue weighted by Gasteiger charge is -2.22. The number of amides is 1. The van der Waals surface area contributed by atoms with Gasteiger partial charge in [0, 0.05) is 29.5 Å². The highest BCUT2D eigenvalue weighted by Crippen LogP contribution is 2.29. The van der Waals surface area contributed by atoms with Crippen LogP contribution in [0.2, 0.25) is 10.0 Å². The maximum Gasteiger partial charge on any atom is 0.265 e. The average Bonchev–Trinajstić information content (AvgIpc) is 2.60. The molecule has 4 nitrogen and oxygen atoms in total. The summed E-state index contributed by atoms with van der Waals surface area (Å²) in [7, 11) is 0. The van der Waals surface area contributed by atoms with Crippen molar-refractivity contribution in [2.45, 2.75) is 33.8 Å². The summed E-state index contributed by atoms with van der Waals surface area (Å²) < 4.78 is 5.66. The van der Waals surface area contributed by atoms with Gasteiger partial charge in [-0.1, -0.05) is 23.2 Å². The van der Waals surface area contributed by atoms with Crippen LogP contribution in [0.4, 0.5) is 11.4 Å². The van der Waals surface area contributed by atoms with Gasteiger partial charge in [-0.15, -0.1) is 0 Å². The van der Waals surface area contributed by atoms with Crippen LogP contribution >= 0.6 is 23.2 Å². The third-order valence-corrected chi connectivity index (χ3v) is 4.69. The SMILES string of the molecule is CCN(CC)c1ccc(NC(=O)[C@H](C)Oc2ccc(Cl)cc2Cl)c(C)c1. The Balaban J connectivity index is 2.06. The number of ether oxygens (including phenoxy) is 1. The standard InChI is InChI=1S/C20H24Cl2N2O2/c1-5-24(6-2)16-8-9-18(13(3)11-16)23-20(25)14(4)26-19-10-7-15(21)12-17(19)22/h7-12,14H,5-6H2,1-4H3,(H,23,25)/t14-/m0/s1. The van der Waals surface area contributed by atoms with Crippen molar-refractivity contribution in [3.63, 3.8) is 0 Å². The van der Waals surface area contributed by atoms with Crippen molar-refractivity contribution in [3.8, 4) is 5.75 Å². The summed E-state index contributed by atoms with van der Waals surface area (Å²) in [6, 6.07) is 10.9. The van der Waals surface area contributed by atoms with E-state index in [1.807, 2.05) is 19.1 Å². The third-order valence-electron chi connectivity index (χ3n) is 4.16. The highest BCUT2D eigenvalue weighted by Gasteiger charge is 2.17. The van der Waals surface area contributed by atoms with Gasteiger partial charge in [0.15, 0.2) is 6.10 Å². The van der Waals surface area contributed by atoms with E-state index in [9.17, 15) is 4.79 Å². The molecule has 0 saturated carbocycles. The van der Waals surface area contributed by atoms with Crippen LogP contribution in [0.3, 0.4) is 0 Å². The molecule has 0 aliphatic rings. The fourth-order valence-corrected chi connectivity index (χ4v) is 3.08. The molecule has 2 aromatic rings. The molecular weight excluding hydrogens is 371 g/mol. The summed E-state index contributed by atoms with van der Waals surface area (Å²) in [5.74, 6) is 0.182. The van der Waals surface area contributed by atoms with Crippen LogP contribution in [-0.4, -0.2) is 25.1 Å². The molecule has 2 rings (SSSR count). The van der Waals surface area contributed by atoms with Gasteiger partial charge in [0.05, 0.1) is 5.02 Å². The van der Waals surface area contributed by atoms with Gasteiger partial charge in [0.1, 0.15) is 5.75 Å². The highest BCUT2D eigenvalue weighted by molar-refractivity contribution is 6.35. The monoisotopic (exact) mass is 394 g/mol. The fraction of sp³-hybridized carbons (Fsp3) is 0.350. The number of benzene rings is 2. The molecule has 1 amide bonds. The summed E-state index contributed by atoms with van der Waals surface area (Å²) in [6.45, 7) is 9.78. The number of nitrogens with one attached hydrogen (secondary N) is 1. The summed E-state index contributed by atoms with van der Waals surface area (Å²) in [6.07, 6.45) is -0.699. The van der Waals surface area contributed by atoms with E-state index in [-0.39, 0.29) is 5.91 Å². The van der Waals surface area contributed by atoms with E-state index < -0.39 is 6.10 Å². The first-order valence-electron chi connectivity index (χ1n) is 8.63. The lowest BCUT2D eigenvalue weighted by atomic mass is 10.1. The van der Waals surface area contributed by atoms with Crippen molar-refractivity contribution in [1.82, 2.24) is 0 Å². The number of rotatable bonds is 7. The molecule has 6 heteroatoms. The van der Waals surface area contributed by atoms with E-state index >= 15 is 0 Å². The van der Waals surface area contributed by atoms with Gasteiger partial charge in [0.2, 0.25) is 0 Å². The van der Waals surface area contributed by atoms with Crippen LogP contribution < -0.4 is 15.0 Å². The molecule has 0 saturated heterocycles. The van der Waals surface area contributed by atoms with Crippen molar-refractivity contribution in [2.75, 3.05) is 23.3 Å². The second-order valence-corrected chi connectivity index (χ2v) is 6.84. The van der Waals surface area contributed by atoms with E-state index in [2.05, 4.69) is 30.1 Å². The van der Waals surface area contributed by atoms with Gasteiger partial charge in [-0.25, -0.2) is 0 Å². The van der Waals surface area contributed by atoms with Crippen LogP contribution in [0.5, 0.6) is 5.75 Å². The first-order valence-corrected chi connectivity index (χ1v) is 9.39. The Labute approximate surface area is 165 Å². The number of hydrogen-bond donors (Lipinski definition) is 1. The number of halogens is 2. The van der Waals surface area contributed by atoms with Gasteiger partial charge in [-0.2, -0.15) is 0 Å². The van der Waals surface area contributed by atoms with Crippen LogP contribution in [-0.2, 0) is 4.79 Å². The van der Waals surface area contributed by atoms with Crippen LogP contribution in [0.1, 0.15) is 26.3 Å².